The van der Waals surface area contributed by atoms with Crippen LogP contribution in [0.4, 0.5) is 0 Å². The molecule has 0 unspecified atom stereocenters. The fourth-order valence-corrected chi connectivity index (χ4v) is 0.334. The van der Waals surface area contributed by atoms with Crippen LogP contribution in [0.1, 0.15) is 6.92 Å². The summed E-state index contributed by atoms with van der Waals surface area (Å²) in [7, 11) is 0. The van der Waals surface area contributed by atoms with Gasteiger partial charge in [-0.05, 0) is 13.0 Å². The Morgan fingerprint density at radius 3 is 2.36 bits per heavy atom. The van der Waals surface area contributed by atoms with E-state index < -0.39 is 17.9 Å². The summed E-state index contributed by atoms with van der Waals surface area (Å²) in [6, 6.07) is -0.856. The molecule has 0 saturated carbocycles. The summed E-state index contributed by atoms with van der Waals surface area (Å²) in [5.74, 6) is -1.54. The van der Waals surface area contributed by atoms with E-state index in [4.69, 9.17) is 5.11 Å². The third kappa shape index (κ3) is 6.09. The second-order valence-electron chi connectivity index (χ2n) is 1.77. The first-order valence-corrected chi connectivity index (χ1v) is 2.73. The van der Waals surface area contributed by atoms with Gasteiger partial charge in [0.2, 0.25) is 5.91 Å². The summed E-state index contributed by atoms with van der Waals surface area (Å²) in [6.45, 7) is 4.55. The van der Waals surface area contributed by atoms with Crippen LogP contribution in [0.5, 0.6) is 0 Å². The summed E-state index contributed by atoms with van der Waals surface area (Å²) in [5, 5.41) is 10.4. The van der Waals surface area contributed by atoms with Crippen molar-refractivity contribution in [2.75, 3.05) is 0 Å². The number of aliphatic carboxylic acids is 1. The van der Waals surface area contributed by atoms with Gasteiger partial charge in [-0.15, -0.1) is 0 Å². The summed E-state index contributed by atoms with van der Waals surface area (Å²) < 4.78 is 0. The Kier molecular flexibility index (Phi) is 7.72. The zero-order valence-corrected chi connectivity index (χ0v) is 8.63. The fraction of sp³-hybridized carbons (Fsp3) is 0.333. The molecule has 1 amide bonds. The maximum atomic E-state index is 10.4. The van der Waals surface area contributed by atoms with Crippen LogP contribution < -0.4 is 5.32 Å². The van der Waals surface area contributed by atoms with Crippen molar-refractivity contribution in [1.29, 1.82) is 0 Å². The van der Waals surface area contributed by atoms with Gasteiger partial charge in [0.1, 0.15) is 6.04 Å². The second-order valence-corrected chi connectivity index (χ2v) is 1.77. The van der Waals surface area contributed by atoms with E-state index in [1.807, 2.05) is 0 Å². The minimum atomic E-state index is -1.06. The number of carbonyl (C=O) groups is 2. The van der Waals surface area contributed by atoms with Crippen molar-refractivity contribution in [3.8, 4) is 0 Å². The summed E-state index contributed by atoms with van der Waals surface area (Å²) in [6.07, 6.45) is 1.03. The Morgan fingerprint density at radius 2 is 2.09 bits per heavy atom. The molecule has 1 radical (unpaired) electrons. The third-order valence-electron chi connectivity index (χ3n) is 0.915. The summed E-state index contributed by atoms with van der Waals surface area (Å²) in [4.78, 5) is 20.5. The second kappa shape index (κ2) is 6.39. The molecule has 0 aliphatic heterocycles. The van der Waals surface area contributed by atoms with Crippen LogP contribution in [0, 0.1) is 0 Å². The number of amides is 1. The first-order chi connectivity index (χ1) is 4.57. The molecule has 11 heavy (non-hydrogen) atoms. The molecule has 2 N–H and O–H groups in total. The van der Waals surface area contributed by atoms with Crippen LogP contribution in [0.15, 0.2) is 12.7 Å². The molecule has 0 rings (SSSR count). The standard InChI is InChI=1S/C6H9NO3.Na/c1-3-5(8)7-4(2)6(9)10;/h3-4H,1H2,2H3,(H,7,8)(H,9,10);/t4-;/m0./s1. The summed E-state index contributed by atoms with van der Waals surface area (Å²) in [5.41, 5.74) is 0. The van der Waals surface area contributed by atoms with Crippen LogP contribution >= 0.6 is 0 Å². The largest absolute Gasteiger partial charge is 0.480 e. The monoisotopic (exact) mass is 166 g/mol. The van der Waals surface area contributed by atoms with Crippen LogP contribution in [-0.2, 0) is 9.59 Å². The number of carbonyl (C=O) groups excluding carboxylic acids is 1. The Bertz CT molecular complexity index is 169. The summed E-state index contributed by atoms with van der Waals surface area (Å²) >= 11 is 0. The van der Waals surface area contributed by atoms with E-state index in [1.54, 1.807) is 0 Å². The van der Waals surface area contributed by atoms with Gasteiger partial charge in [0.15, 0.2) is 0 Å². The third-order valence-corrected chi connectivity index (χ3v) is 0.915. The van der Waals surface area contributed by atoms with Gasteiger partial charge < -0.3 is 10.4 Å². The molecule has 0 fully saturated rings. The predicted octanol–water partition coefficient (Wildman–Crippen LogP) is -0.619. The number of carboxylic acid groups (broad SMARTS) is 1. The van der Waals surface area contributed by atoms with E-state index >= 15 is 0 Å². The van der Waals surface area contributed by atoms with Gasteiger partial charge in [-0.3, -0.25) is 9.59 Å². The van der Waals surface area contributed by atoms with Crippen molar-refractivity contribution >= 4 is 41.4 Å². The van der Waals surface area contributed by atoms with Gasteiger partial charge in [-0.25, -0.2) is 0 Å². The van der Waals surface area contributed by atoms with Gasteiger partial charge in [-0.2, -0.15) is 0 Å². The Morgan fingerprint density at radius 1 is 1.64 bits per heavy atom. The number of rotatable bonds is 3. The molecule has 0 aromatic rings. The van der Waals surface area contributed by atoms with Crippen molar-refractivity contribution in [2.24, 2.45) is 0 Å². The average molecular weight is 166 g/mol. The first kappa shape index (κ1) is 13.3. The van der Waals surface area contributed by atoms with E-state index in [1.165, 1.54) is 6.92 Å². The molecule has 0 aromatic carbocycles. The van der Waals surface area contributed by atoms with Crippen molar-refractivity contribution in [1.82, 2.24) is 5.32 Å². The first-order valence-electron chi connectivity index (χ1n) is 2.73. The number of carboxylic acids is 1. The van der Waals surface area contributed by atoms with E-state index in [0.29, 0.717) is 0 Å². The molecule has 1 atom stereocenters. The predicted molar refractivity (Wildman–Crippen MR) is 41.2 cm³/mol. The Balaban J connectivity index is 0. The van der Waals surface area contributed by atoms with E-state index in [-0.39, 0.29) is 29.6 Å². The quantitative estimate of drug-likeness (QED) is 0.433. The molecular formula is C6H9NNaO3. The molecule has 0 heterocycles. The number of hydrogen-bond acceptors (Lipinski definition) is 2. The van der Waals surface area contributed by atoms with Crippen LogP contribution in [0.25, 0.3) is 0 Å². The molecule has 5 heteroatoms. The Labute approximate surface area is 87.0 Å². The van der Waals surface area contributed by atoms with Gasteiger partial charge in [0.05, 0.1) is 0 Å². The van der Waals surface area contributed by atoms with Crippen LogP contribution in [0.3, 0.4) is 0 Å². The fourth-order valence-electron chi connectivity index (χ4n) is 0.334. The van der Waals surface area contributed by atoms with E-state index in [9.17, 15) is 9.59 Å². The van der Waals surface area contributed by atoms with Gasteiger partial charge in [0, 0.05) is 29.6 Å². The minimum absolute atomic E-state index is 0. The molecule has 0 aliphatic carbocycles. The number of hydrogen-bond donors (Lipinski definition) is 2. The Hall–Kier alpha value is -0.320. The molecule has 0 saturated heterocycles. The van der Waals surface area contributed by atoms with E-state index in [0.717, 1.165) is 6.08 Å². The molecule has 4 nitrogen and oxygen atoms in total. The van der Waals surface area contributed by atoms with Gasteiger partial charge >= 0.3 is 5.97 Å². The van der Waals surface area contributed by atoms with Crippen molar-refractivity contribution in [3.63, 3.8) is 0 Å². The van der Waals surface area contributed by atoms with Crippen LogP contribution in [0.2, 0.25) is 0 Å². The van der Waals surface area contributed by atoms with E-state index in [2.05, 4.69) is 11.9 Å². The van der Waals surface area contributed by atoms with Crippen LogP contribution in [-0.4, -0.2) is 52.6 Å². The molecule has 57 valence electrons. The molecule has 0 aliphatic rings. The smallest absolute Gasteiger partial charge is 0.325 e. The van der Waals surface area contributed by atoms with Crippen molar-refractivity contribution in [2.45, 2.75) is 13.0 Å². The molecule has 0 bridgehead atoms. The van der Waals surface area contributed by atoms with Gasteiger partial charge in [0.25, 0.3) is 0 Å². The minimum Gasteiger partial charge on any atom is -0.480 e. The molecular weight excluding hydrogens is 157 g/mol. The normalized spacial score (nSPS) is 10.6. The average Bonchev–Trinajstić information content (AvgIpc) is 1.87. The van der Waals surface area contributed by atoms with Crippen molar-refractivity contribution in [3.05, 3.63) is 12.7 Å². The zero-order chi connectivity index (χ0) is 8.15. The SMILES string of the molecule is C=CC(=O)N[C@@H](C)C(=O)O.[Na]. The van der Waals surface area contributed by atoms with Gasteiger partial charge in [-0.1, -0.05) is 6.58 Å². The maximum Gasteiger partial charge on any atom is 0.325 e. The zero-order valence-electron chi connectivity index (χ0n) is 6.63. The molecule has 0 spiro atoms. The van der Waals surface area contributed by atoms with Crippen molar-refractivity contribution < 1.29 is 14.7 Å². The topological polar surface area (TPSA) is 66.4 Å². The number of nitrogens with one attached hydrogen (secondary N) is 1. The maximum absolute atomic E-state index is 10.4. The molecule has 0 aromatic heterocycles.